The molecule has 2 aromatic heterocycles. The molecule has 0 aliphatic rings. The second kappa shape index (κ2) is 8.84. The Kier molecular flexibility index (Phi) is 5.82. The molecule has 11 heteroatoms. The highest BCUT2D eigenvalue weighted by atomic mass is 35.5. The molecule has 2 heterocycles. The lowest BCUT2D eigenvalue weighted by Crippen LogP contribution is -2.07. The van der Waals surface area contributed by atoms with Gasteiger partial charge in [0.15, 0.2) is 0 Å². The quantitative estimate of drug-likeness (QED) is 0.430. The van der Waals surface area contributed by atoms with Crippen molar-refractivity contribution in [1.82, 2.24) is 35.2 Å². The van der Waals surface area contributed by atoms with E-state index in [1.807, 2.05) is 42.5 Å². The average molecular weight is 426 g/mol. The topological polar surface area (TPSA) is 120 Å². The number of nitrogens with two attached hydrogens (primary N) is 1. The predicted molar refractivity (Wildman–Crippen MR) is 112 cm³/mol. The van der Waals surface area contributed by atoms with Crippen LogP contribution in [-0.2, 0) is 12.3 Å². The van der Waals surface area contributed by atoms with Crippen molar-refractivity contribution in [1.29, 1.82) is 0 Å². The second-order valence-corrected chi connectivity index (χ2v) is 7.34. The van der Waals surface area contributed by atoms with E-state index in [-0.39, 0.29) is 5.95 Å². The maximum atomic E-state index is 5.91. The normalized spacial score (nSPS) is 10.8. The third kappa shape index (κ3) is 5.18. The number of hydrogen-bond acceptors (Lipinski definition) is 9. The zero-order chi connectivity index (χ0) is 20.1. The van der Waals surface area contributed by atoms with E-state index in [0.717, 1.165) is 11.3 Å². The molecular weight excluding hydrogens is 410 g/mol. The molecule has 4 rings (SSSR count). The van der Waals surface area contributed by atoms with Gasteiger partial charge in [0.2, 0.25) is 17.1 Å². The number of tetrazole rings is 1. The Bertz CT molecular complexity index is 1090. The Labute approximate surface area is 175 Å². The van der Waals surface area contributed by atoms with Crippen LogP contribution in [0.5, 0.6) is 0 Å². The lowest BCUT2D eigenvalue weighted by atomic mass is 10.2. The van der Waals surface area contributed by atoms with Crippen LogP contribution in [0.2, 0.25) is 5.02 Å². The molecule has 0 saturated carbocycles. The Morgan fingerprint density at radius 3 is 2.59 bits per heavy atom. The van der Waals surface area contributed by atoms with E-state index in [2.05, 4.69) is 35.8 Å². The first kappa shape index (κ1) is 19.1. The predicted octanol–water partition coefficient (Wildman–Crippen LogP) is 3.18. The third-order valence-electron chi connectivity index (χ3n) is 3.80. The SMILES string of the molecule is Nc1nc(CSc2nnnn2Cc2ccccc2)nc(Nc2ccc(Cl)cc2)n1. The molecule has 4 aromatic rings. The molecule has 0 amide bonds. The molecule has 0 aliphatic heterocycles. The minimum atomic E-state index is 0.135. The van der Waals surface area contributed by atoms with Crippen molar-refractivity contribution in [3.63, 3.8) is 0 Å². The number of rotatable bonds is 7. The van der Waals surface area contributed by atoms with Crippen LogP contribution in [0.25, 0.3) is 0 Å². The molecule has 0 unspecified atom stereocenters. The molecule has 2 aromatic carbocycles. The number of nitrogen functional groups attached to an aromatic ring is 1. The van der Waals surface area contributed by atoms with Gasteiger partial charge in [0.1, 0.15) is 5.82 Å². The van der Waals surface area contributed by atoms with Crippen molar-refractivity contribution in [3.05, 3.63) is 71.0 Å². The van der Waals surface area contributed by atoms with Gasteiger partial charge >= 0.3 is 0 Å². The number of thioether (sulfide) groups is 1. The highest BCUT2D eigenvalue weighted by Crippen LogP contribution is 2.21. The summed E-state index contributed by atoms with van der Waals surface area (Å²) in [4.78, 5) is 12.7. The van der Waals surface area contributed by atoms with Gasteiger partial charge < -0.3 is 11.1 Å². The summed E-state index contributed by atoms with van der Waals surface area (Å²) in [5.41, 5.74) is 7.75. The molecule has 0 aliphatic carbocycles. The van der Waals surface area contributed by atoms with Crippen LogP contribution < -0.4 is 11.1 Å². The second-order valence-electron chi connectivity index (χ2n) is 5.96. The van der Waals surface area contributed by atoms with Gasteiger partial charge in [-0.05, 0) is 40.3 Å². The fourth-order valence-corrected chi connectivity index (χ4v) is 3.36. The number of benzene rings is 2. The van der Waals surface area contributed by atoms with Crippen molar-refractivity contribution >= 4 is 40.9 Å². The van der Waals surface area contributed by atoms with E-state index >= 15 is 0 Å². The van der Waals surface area contributed by atoms with Crippen LogP contribution in [0.3, 0.4) is 0 Å². The fourth-order valence-electron chi connectivity index (χ4n) is 2.51. The number of aromatic nitrogens is 7. The number of halogens is 1. The standard InChI is InChI=1S/C18H16ClN9S/c19-13-6-8-14(9-7-13)21-17-23-15(22-16(20)24-17)11-29-18-25-26-27-28(18)10-12-4-2-1-3-5-12/h1-9H,10-11H2,(H3,20,21,22,23,24). The van der Waals surface area contributed by atoms with Gasteiger partial charge in [0.25, 0.3) is 0 Å². The van der Waals surface area contributed by atoms with Gasteiger partial charge in [0, 0.05) is 10.7 Å². The maximum absolute atomic E-state index is 5.91. The molecule has 9 nitrogen and oxygen atoms in total. The van der Waals surface area contributed by atoms with Crippen molar-refractivity contribution in [2.75, 3.05) is 11.1 Å². The summed E-state index contributed by atoms with van der Waals surface area (Å²) in [7, 11) is 0. The molecule has 0 fully saturated rings. The summed E-state index contributed by atoms with van der Waals surface area (Å²) in [5, 5.41) is 16.3. The van der Waals surface area contributed by atoms with Gasteiger partial charge in [0.05, 0.1) is 12.3 Å². The summed E-state index contributed by atoms with van der Waals surface area (Å²) < 4.78 is 1.73. The van der Waals surface area contributed by atoms with Gasteiger partial charge in [-0.2, -0.15) is 15.0 Å². The highest BCUT2D eigenvalue weighted by molar-refractivity contribution is 7.98. The zero-order valence-electron chi connectivity index (χ0n) is 15.1. The van der Waals surface area contributed by atoms with Gasteiger partial charge in [-0.1, -0.05) is 53.7 Å². The average Bonchev–Trinajstić information content (AvgIpc) is 3.15. The minimum absolute atomic E-state index is 0.135. The Morgan fingerprint density at radius 1 is 1.00 bits per heavy atom. The van der Waals surface area contributed by atoms with Crippen molar-refractivity contribution in [2.45, 2.75) is 17.5 Å². The molecule has 146 valence electrons. The van der Waals surface area contributed by atoms with E-state index in [9.17, 15) is 0 Å². The van der Waals surface area contributed by atoms with Crippen LogP contribution in [0.4, 0.5) is 17.6 Å². The molecule has 0 atom stereocenters. The molecule has 0 radical (unpaired) electrons. The molecule has 0 bridgehead atoms. The number of nitrogens with one attached hydrogen (secondary N) is 1. The van der Waals surface area contributed by atoms with Crippen LogP contribution in [-0.4, -0.2) is 35.2 Å². The number of hydrogen-bond donors (Lipinski definition) is 2. The third-order valence-corrected chi connectivity index (χ3v) is 5.01. The Balaban J connectivity index is 1.44. The van der Waals surface area contributed by atoms with E-state index in [0.29, 0.717) is 34.2 Å². The summed E-state index contributed by atoms with van der Waals surface area (Å²) in [6.45, 7) is 0.582. The first-order valence-electron chi connectivity index (χ1n) is 8.61. The van der Waals surface area contributed by atoms with Gasteiger partial charge in [-0.25, -0.2) is 4.68 Å². The molecule has 29 heavy (non-hydrogen) atoms. The minimum Gasteiger partial charge on any atom is -0.368 e. The van der Waals surface area contributed by atoms with E-state index < -0.39 is 0 Å². The van der Waals surface area contributed by atoms with Crippen molar-refractivity contribution < 1.29 is 0 Å². The first-order chi connectivity index (χ1) is 14.2. The summed E-state index contributed by atoms with van der Waals surface area (Å²) >= 11 is 7.33. The highest BCUT2D eigenvalue weighted by Gasteiger charge is 2.11. The Hall–Kier alpha value is -3.24. The lowest BCUT2D eigenvalue weighted by molar-refractivity contribution is 0.602. The molecular formula is C18H16ClN9S. The largest absolute Gasteiger partial charge is 0.368 e. The summed E-state index contributed by atoms with van der Waals surface area (Å²) in [5.74, 6) is 1.46. The van der Waals surface area contributed by atoms with Crippen LogP contribution in [0.15, 0.2) is 59.8 Å². The lowest BCUT2D eigenvalue weighted by Gasteiger charge is -2.08. The first-order valence-corrected chi connectivity index (χ1v) is 9.98. The van der Waals surface area contributed by atoms with Crippen molar-refractivity contribution in [2.24, 2.45) is 0 Å². The van der Waals surface area contributed by atoms with Gasteiger partial charge in [-0.3, -0.25) is 0 Å². The zero-order valence-corrected chi connectivity index (χ0v) is 16.7. The fraction of sp³-hybridized carbons (Fsp3) is 0.111. The maximum Gasteiger partial charge on any atom is 0.232 e. The smallest absolute Gasteiger partial charge is 0.232 e. The van der Waals surface area contributed by atoms with E-state index in [1.54, 1.807) is 16.8 Å². The van der Waals surface area contributed by atoms with Crippen molar-refractivity contribution in [3.8, 4) is 0 Å². The van der Waals surface area contributed by atoms with E-state index in [1.165, 1.54) is 11.8 Å². The number of nitrogens with zero attached hydrogens (tertiary/aromatic N) is 7. The number of anilines is 3. The summed E-state index contributed by atoms with van der Waals surface area (Å²) in [6, 6.07) is 17.2. The summed E-state index contributed by atoms with van der Waals surface area (Å²) in [6.07, 6.45) is 0. The van der Waals surface area contributed by atoms with Gasteiger partial charge in [-0.15, -0.1) is 5.10 Å². The molecule has 0 spiro atoms. The molecule has 3 N–H and O–H groups in total. The monoisotopic (exact) mass is 425 g/mol. The van der Waals surface area contributed by atoms with Crippen LogP contribution in [0, 0.1) is 0 Å². The Morgan fingerprint density at radius 2 is 1.79 bits per heavy atom. The van der Waals surface area contributed by atoms with Crippen LogP contribution in [0.1, 0.15) is 11.4 Å². The molecule has 0 saturated heterocycles. The van der Waals surface area contributed by atoms with Crippen LogP contribution >= 0.6 is 23.4 Å². The van der Waals surface area contributed by atoms with E-state index in [4.69, 9.17) is 17.3 Å².